The Kier molecular flexibility index (Phi) is 5.79. The van der Waals surface area contributed by atoms with Gasteiger partial charge in [-0.15, -0.1) is 5.11 Å². The van der Waals surface area contributed by atoms with Crippen LogP contribution in [0.3, 0.4) is 0 Å². The largest absolute Gasteiger partial charge is 0.397 e. The molecule has 0 atom stereocenters. The van der Waals surface area contributed by atoms with Gasteiger partial charge in [-0.3, -0.25) is 0 Å². The van der Waals surface area contributed by atoms with Crippen LogP contribution in [-0.2, 0) is 0 Å². The fourth-order valence-corrected chi connectivity index (χ4v) is 4.11. The lowest BCUT2D eigenvalue weighted by molar-refractivity contribution is 1.22. The summed E-state index contributed by atoms with van der Waals surface area (Å²) in [6, 6.07) is 37.1. The summed E-state index contributed by atoms with van der Waals surface area (Å²) in [5.41, 5.74) is 13.8. The smallest absolute Gasteiger partial charge is 0.109 e. The normalized spacial score (nSPS) is 11.2. The third-order valence-electron chi connectivity index (χ3n) is 5.97. The summed E-state index contributed by atoms with van der Waals surface area (Å²) in [5.74, 6) is 0. The van der Waals surface area contributed by atoms with Crippen molar-refractivity contribution < 1.29 is 0 Å². The van der Waals surface area contributed by atoms with Crippen LogP contribution in [-0.4, -0.2) is 0 Å². The molecule has 34 heavy (non-hydrogen) atoms. The molecular formula is C30H26N4. The maximum atomic E-state index is 5.98. The van der Waals surface area contributed by atoms with Crippen LogP contribution in [0.25, 0.3) is 10.8 Å². The summed E-state index contributed by atoms with van der Waals surface area (Å²) in [4.78, 5) is 2.29. The number of nitrogen functional groups attached to an aromatic ring is 1. The van der Waals surface area contributed by atoms with Crippen LogP contribution >= 0.6 is 0 Å². The molecule has 0 bridgehead atoms. The molecule has 0 aliphatic heterocycles. The first-order valence-corrected chi connectivity index (χ1v) is 11.3. The number of hydrogen-bond donors (Lipinski definition) is 1. The average molecular weight is 443 g/mol. The zero-order valence-corrected chi connectivity index (χ0v) is 19.3. The van der Waals surface area contributed by atoms with E-state index in [1.165, 1.54) is 21.9 Å². The molecule has 0 amide bonds. The van der Waals surface area contributed by atoms with Crippen molar-refractivity contribution >= 4 is 44.9 Å². The highest BCUT2D eigenvalue weighted by atomic mass is 15.1. The number of aryl methyl sites for hydroxylation is 2. The fourth-order valence-electron chi connectivity index (χ4n) is 4.11. The molecule has 0 spiro atoms. The lowest BCUT2D eigenvalue weighted by Crippen LogP contribution is -2.10. The molecule has 0 fully saturated rings. The maximum absolute atomic E-state index is 5.98. The van der Waals surface area contributed by atoms with Crippen LogP contribution in [0.5, 0.6) is 0 Å². The van der Waals surface area contributed by atoms with E-state index in [9.17, 15) is 0 Å². The van der Waals surface area contributed by atoms with Gasteiger partial charge in [0.1, 0.15) is 5.69 Å². The Morgan fingerprint density at radius 1 is 0.588 bits per heavy atom. The van der Waals surface area contributed by atoms with Gasteiger partial charge in [0, 0.05) is 16.8 Å². The van der Waals surface area contributed by atoms with Crippen molar-refractivity contribution in [2.45, 2.75) is 13.8 Å². The van der Waals surface area contributed by atoms with Crippen molar-refractivity contribution in [1.82, 2.24) is 0 Å². The molecule has 2 N–H and O–H groups in total. The van der Waals surface area contributed by atoms with Crippen molar-refractivity contribution in [1.29, 1.82) is 0 Å². The highest BCUT2D eigenvalue weighted by Crippen LogP contribution is 2.40. The number of nitrogens with two attached hydrogens (primary N) is 1. The van der Waals surface area contributed by atoms with Gasteiger partial charge in [0.05, 0.1) is 17.1 Å². The van der Waals surface area contributed by atoms with E-state index >= 15 is 0 Å². The summed E-state index contributed by atoms with van der Waals surface area (Å²) in [6.45, 7) is 4.26. The van der Waals surface area contributed by atoms with Crippen molar-refractivity contribution in [2.75, 3.05) is 10.6 Å². The second kappa shape index (κ2) is 9.20. The van der Waals surface area contributed by atoms with Gasteiger partial charge < -0.3 is 10.6 Å². The predicted octanol–water partition coefficient (Wildman–Crippen LogP) is 8.92. The molecule has 0 aliphatic rings. The third kappa shape index (κ3) is 4.26. The van der Waals surface area contributed by atoms with Crippen molar-refractivity contribution in [3.63, 3.8) is 0 Å². The van der Waals surface area contributed by atoms with E-state index in [1.54, 1.807) is 0 Å². The Bertz CT molecular complexity index is 1470. The molecule has 5 aromatic carbocycles. The number of para-hydroxylation sites is 1. The van der Waals surface area contributed by atoms with Gasteiger partial charge >= 0.3 is 0 Å². The van der Waals surface area contributed by atoms with E-state index in [2.05, 4.69) is 102 Å². The molecule has 0 aliphatic carbocycles. The van der Waals surface area contributed by atoms with E-state index in [1.807, 2.05) is 36.4 Å². The first-order valence-electron chi connectivity index (χ1n) is 11.3. The van der Waals surface area contributed by atoms with Crippen LogP contribution in [0.15, 0.2) is 119 Å². The number of fused-ring (bicyclic) bond motifs is 1. The number of anilines is 4. The highest BCUT2D eigenvalue weighted by Gasteiger charge is 2.16. The quantitative estimate of drug-likeness (QED) is 0.218. The Labute approximate surface area is 200 Å². The Hall–Kier alpha value is -4.44. The number of nitrogens with zero attached hydrogens (tertiary/aromatic N) is 3. The second-order valence-electron chi connectivity index (χ2n) is 8.39. The number of rotatable bonds is 5. The monoisotopic (exact) mass is 442 g/mol. The molecule has 4 heteroatoms. The molecule has 166 valence electrons. The van der Waals surface area contributed by atoms with E-state index in [-0.39, 0.29) is 0 Å². The second-order valence-corrected chi connectivity index (χ2v) is 8.39. The first-order chi connectivity index (χ1) is 16.6. The molecule has 0 aromatic heterocycles. The van der Waals surface area contributed by atoms with Gasteiger partial charge in [0.15, 0.2) is 0 Å². The lowest BCUT2D eigenvalue weighted by atomic mass is 10.0. The molecule has 0 unspecified atom stereocenters. The number of azo groups is 1. The van der Waals surface area contributed by atoms with Crippen molar-refractivity contribution in [2.24, 2.45) is 10.2 Å². The standard InChI is InChI=1S/C30H26N4/c1-21-11-16-24(17-12-21)34(30-20-13-22(2)26-7-3-4-8-27(26)30)25-18-14-23(15-19-25)32-33-29-10-6-5-9-28(29)31/h3-20H,31H2,1-2H3. The summed E-state index contributed by atoms with van der Waals surface area (Å²) in [7, 11) is 0. The van der Waals surface area contributed by atoms with Crippen LogP contribution in [0.4, 0.5) is 34.1 Å². The summed E-state index contributed by atoms with van der Waals surface area (Å²) < 4.78 is 0. The van der Waals surface area contributed by atoms with Crippen LogP contribution in [0.2, 0.25) is 0 Å². The minimum absolute atomic E-state index is 0.611. The Morgan fingerprint density at radius 2 is 1.21 bits per heavy atom. The van der Waals surface area contributed by atoms with Gasteiger partial charge in [-0.2, -0.15) is 5.11 Å². The highest BCUT2D eigenvalue weighted by molar-refractivity contribution is 6.00. The summed E-state index contributed by atoms with van der Waals surface area (Å²) in [5, 5.41) is 11.2. The molecule has 0 radical (unpaired) electrons. The zero-order valence-electron chi connectivity index (χ0n) is 19.3. The van der Waals surface area contributed by atoms with E-state index < -0.39 is 0 Å². The number of hydrogen-bond acceptors (Lipinski definition) is 4. The summed E-state index contributed by atoms with van der Waals surface area (Å²) >= 11 is 0. The minimum atomic E-state index is 0.611. The first kappa shape index (κ1) is 21.4. The molecule has 5 aromatic rings. The molecule has 5 rings (SSSR count). The van der Waals surface area contributed by atoms with Crippen molar-refractivity contribution in [3.05, 3.63) is 120 Å². The Balaban J connectivity index is 1.58. The Morgan fingerprint density at radius 3 is 1.91 bits per heavy atom. The van der Waals surface area contributed by atoms with Crippen LogP contribution in [0, 0.1) is 13.8 Å². The molecule has 0 saturated heterocycles. The van der Waals surface area contributed by atoms with Gasteiger partial charge in [0.25, 0.3) is 0 Å². The van der Waals surface area contributed by atoms with Crippen molar-refractivity contribution in [3.8, 4) is 0 Å². The average Bonchev–Trinajstić information content (AvgIpc) is 2.87. The fraction of sp³-hybridized carbons (Fsp3) is 0.0667. The van der Waals surface area contributed by atoms with Crippen LogP contribution in [0.1, 0.15) is 11.1 Å². The minimum Gasteiger partial charge on any atom is -0.397 e. The zero-order chi connectivity index (χ0) is 23.5. The molecular weight excluding hydrogens is 416 g/mol. The predicted molar refractivity (Wildman–Crippen MR) is 143 cm³/mol. The molecule has 0 saturated carbocycles. The van der Waals surface area contributed by atoms with Crippen LogP contribution < -0.4 is 10.6 Å². The van der Waals surface area contributed by atoms with E-state index in [0.29, 0.717) is 11.4 Å². The molecule has 0 heterocycles. The number of benzene rings is 5. The SMILES string of the molecule is Cc1ccc(N(c2ccc(N=Nc3ccccc3N)cc2)c2ccc(C)c3ccccc23)cc1. The van der Waals surface area contributed by atoms with Gasteiger partial charge in [-0.1, -0.05) is 60.2 Å². The summed E-state index contributed by atoms with van der Waals surface area (Å²) in [6.07, 6.45) is 0. The lowest BCUT2D eigenvalue weighted by Gasteiger charge is -2.27. The van der Waals surface area contributed by atoms with Gasteiger partial charge in [0.2, 0.25) is 0 Å². The van der Waals surface area contributed by atoms with E-state index in [0.717, 1.165) is 22.7 Å². The topological polar surface area (TPSA) is 54.0 Å². The van der Waals surface area contributed by atoms with Gasteiger partial charge in [-0.25, -0.2) is 0 Å². The third-order valence-corrected chi connectivity index (χ3v) is 5.97. The van der Waals surface area contributed by atoms with Gasteiger partial charge in [-0.05, 0) is 79.4 Å². The maximum Gasteiger partial charge on any atom is 0.109 e. The molecule has 4 nitrogen and oxygen atoms in total. The van der Waals surface area contributed by atoms with E-state index in [4.69, 9.17) is 5.73 Å².